The van der Waals surface area contributed by atoms with E-state index in [9.17, 15) is 4.79 Å². The van der Waals surface area contributed by atoms with Gasteiger partial charge in [-0.3, -0.25) is 9.78 Å². The molecule has 1 amide bonds. The molecule has 2 aromatic rings. The van der Waals surface area contributed by atoms with Gasteiger partial charge in [0.1, 0.15) is 11.5 Å². The minimum absolute atomic E-state index is 0.00339. The third-order valence-corrected chi connectivity index (χ3v) is 6.15. The zero-order valence-electron chi connectivity index (χ0n) is 17.1. The number of hydrogen-bond acceptors (Lipinski definition) is 4. The maximum Gasteiger partial charge on any atom is 0.251 e. The Hall–Kier alpha value is -2.40. The number of nitrogens with zero attached hydrogens (tertiary/aromatic N) is 2. The fraction of sp³-hybridized carbons (Fsp3) is 0.500. The molecule has 0 bridgehead atoms. The van der Waals surface area contributed by atoms with E-state index in [0.29, 0.717) is 17.1 Å². The molecule has 1 saturated heterocycles. The molecule has 2 aliphatic rings. The SMILES string of the molecule is O=C(NC1CCN(CC2CCCCC2)CC1)c1ccc(Oc2cccnc2)cc1. The molecule has 1 aromatic heterocycles. The van der Waals surface area contributed by atoms with Gasteiger partial charge in [-0.15, -0.1) is 0 Å². The van der Waals surface area contributed by atoms with Gasteiger partial charge in [0.25, 0.3) is 5.91 Å². The van der Waals surface area contributed by atoms with Crippen molar-refractivity contribution in [2.45, 2.75) is 51.0 Å². The monoisotopic (exact) mass is 393 g/mol. The molecule has 1 N–H and O–H groups in total. The third-order valence-electron chi connectivity index (χ3n) is 6.15. The molecule has 4 rings (SSSR count). The van der Waals surface area contributed by atoms with E-state index in [2.05, 4.69) is 15.2 Å². The van der Waals surface area contributed by atoms with Crippen LogP contribution in [0.4, 0.5) is 0 Å². The highest BCUT2D eigenvalue weighted by atomic mass is 16.5. The number of pyridine rings is 1. The largest absolute Gasteiger partial charge is 0.456 e. The predicted octanol–water partition coefficient (Wildman–Crippen LogP) is 4.65. The van der Waals surface area contributed by atoms with Gasteiger partial charge in [0.15, 0.2) is 0 Å². The summed E-state index contributed by atoms with van der Waals surface area (Å²) in [4.78, 5) is 19.2. The van der Waals surface area contributed by atoms with Gasteiger partial charge in [-0.25, -0.2) is 0 Å². The number of ether oxygens (including phenoxy) is 1. The Bertz CT molecular complexity index is 764. The zero-order chi connectivity index (χ0) is 19.9. The molecule has 0 atom stereocenters. The summed E-state index contributed by atoms with van der Waals surface area (Å²) < 4.78 is 5.74. The summed E-state index contributed by atoms with van der Waals surface area (Å²) in [5.41, 5.74) is 0.674. The Kier molecular flexibility index (Phi) is 6.78. The van der Waals surface area contributed by atoms with Crippen molar-refractivity contribution in [1.29, 1.82) is 0 Å². The first-order chi connectivity index (χ1) is 14.3. The van der Waals surface area contributed by atoms with Gasteiger partial charge in [0.05, 0.1) is 6.20 Å². The Morgan fingerprint density at radius 2 is 1.76 bits per heavy atom. The summed E-state index contributed by atoms with van der Waals surface area (Å²) >= 11 is 0. The molecular formula is C24H31N3O2. The Morgan fingerprint density at radius 3 is 2.45 bits per heavy atom. The lowest BCUT2D eigenvalue weighted by Gasteiger charge is -2.35. The molecule has 0 unspecified atom stereocenters. The van der Waals surface area contributed by atoms with Crippen LogP contribution in [0, 0.1) is 5.92 Å². The number of aromatic nitrogens is 1. The van der Waals surface area contributed by atoms with Crippen LogP contribution in [0.2, 0.25) is 0 Å². The van der Waals surface area contributed by atoms with Crippen LogP contribution in [-0.2, 0) is 0 Å². The number of amides is 1. The summed E-state index contributed by atoms with van der Waals surface area (Å²) in [6.07, 6.45) is 12.5. The van der Waals surface area contributed by atoms with Crippen LogP contribution >= 0.6 is 0 Å². The minimum Gasteiger partial charge on any atom is -0.456 e. The summed E-state index contributed by atoms with van der Waals surface area (Å²) in [6.45, 7) is 3.44. The van der Waals surface area contributed by atoms with Gasteiger partial charge in [0, 0.05) is 37.4 Å². The van der Waals surface area contributed by atoms with E-state index in [4.69, 9.17) is 4.74 Å². The minimum atomic E-state index is 0.00339. The fourth-order valence-corrected chi connectivity index (χ4v) is 4.48. The molecule has 1 saturated carbocycles. The van der Waals surface area contributed by atoms with Crippen molar-refractivity contribution in [2.24, 2.45) is 5.92 Å². The summed E-state index contributed by atoms with van der Waals surface area (Å²) in [5, 5.41) is 3.21. The molecule has 1 aliphatic heterocycles. The number of likely N-dealkylation sites (tertiary alicyclic amines) is 1. The van der Waals surface area contributed by atoms with Gasteiger partial charge in [0.2, 0.25) is 0 Å². The van der Waals surface area contributed by atoms with Crippen molar-refractivity contribution in [1.82, 2.24) is 15.2 Å². The van der Waals surface area contributed by atoms with Crippen LogP contribution in [0.15, 0.2) is 48.8 Å². The van der Waals surface area contributed by atoms with Crippen LogP contribution in [-0.4, -0.2) is 41.5 Å². The molecule has 2 heterocycles. The van der Waals surface area contributed by atoms with Crippen molar-refractivity contribution in [3.8, 4) is 11.5 Å². The van der Waals surface area contributed by atoms with Gasteiger partial charge in [-0.2, -0.15) is 0 Å². The lowest BCUT2D eigenvalue weighted by Crippen LogP contribution is -2.45. The number of benzene rings is 1. The van der Waals surface area contributed by atoms with Crippen LogP contribution in [0.1, 0.15) is 55.3 Å². The maximum absolute atomic E-state index is 12.6. The van der Waals surface area contributed by atoms with Crippen LogP contribution in [0.5, 0.6) is 11.5 Å². The zero-order valence-corrected chi connectivity index (χ0v) is 17.1. The van der Waals surface area contributed by atoms with Crippen LogP contribution in [0.3, 0.4) is 0 Å². The molecule has 1 aromatic carbocycles. The molecular weight excluding hydrogens is 362 g/mol. The number of piperidine rings is 1. The fourth-order valence-electron chi connectivity index (χ4n) is 4.48. The third kappa shape index (κ3) is 5.80. The highest BCUT2D eigenvalue weighted by Gasteiger charge is 2.24. The molecule has 0 radical (unpaired) electrons. The van der Waals surface area contributed by atoms with E-state index < -0.39 is 0 Å². The van der Waals surface area contributed by atoms with Gasteiger partial charge in [-0.1, -0.05) is 19.3 Å². The summed E-state index contributed by atoms with van der Waals surface area (Å²) in [5.74, 6) is 2.28. The van der Waals surface area contributed by atoms with Crippen LogP contribution in [0.25, 0.3) is 0 Å². The second kappa shape index (κ2) is 9.88. The van der Waals surface area contributed by atoms with Crippen LogP contribution < -0.4 is 10.1 Å². The van der Waals surface area contributed by atoms with Gasteiger partial charge < -0.3 is 15.0 Å². The smallest absolute Gasteiger partial charge is 0.251 e. The second-order valence-corrected chi connectivity index (χ2v) is 8.37. The molecule has 154 valence electrons. The second-order valence-electron chi connectivity index (χ2n) is 8.37. The average molecular weight is 394 g/mol. The highest BCUT2D eigenvalue weighted by Crippen LogP contribution is 2.25. The van der Waals surface area contributed by atoms with Gasteiger partial charge >= 0.3 is 0 Å². The highest BCUT2D eigenvalue weighted by molar-refractivity contribution is 5.94. The molecule has 0 spiro atoms. The van der Waals surface area contributed by atoms with E-state index in [-0.39, 0.29) is 11.9 Å². The molecule has 5 heteroatoms. The lowest BCUT2D eigenvalue weighted by molar-refractivity contribution is 0.0901. The first-order valence-corrected chi connectivity index (χ1v) is 11.0. The van der Waals surface area contributed by atoms with E-state index in [1.165, 1.54) is 38.6 Å². The molecule has 29 heavy (non-hydrogen) atoms. The normalized spacial score (nSPS) is 19.0. The van der Waals surface area contributed by atoms with Gasteiger partial charge in [-0.05, 0) is 68.0 Å². The first kappa shape index (κ1) is 19.9. The number of hydrogen-bond donors (Lipinski definition) is 1. The Balaban J connectivity index is 1.22. The lowest BCUT2D eigenvalue weighted by atomic mass is 9.88. The first-order valence-electron chi connectivity index (χ1n) is 11.0. The van der Waals surface area contributed by atoms with Crippen molar-refractivity contribution in [3.63, 3.8) is 0 Å². The topological polar surface area (TPSA) is 54.5 Å². The molecule has 5 nitrogen and oxygen atoms in total. The number of carbonyl (C=O) groups excluding carboxylic acids is 1. The van der Waals surface area contributed by atoms with Crippen molar-refractivity contribution in [3.05, 3.63) is 54.4 Å². The number of nitrogens with one attached hydrogen (secondary N) is 1. The van der Waals surface area contributed by atoms with Crippen molar-refractivity contribution < 1.29 is 9.53 Å². The standard InChI is InChI=1S/C24H31N3O2/c28-24(20-8-10-22(11-9-20)29-23-7-4-14-25-17-23)26-21-12-15-27(16-13-21)18-19-5-2-1-3-6-19/h4,7-11,14,17,19,21H,1-3,5-6,12-13,15-16,18H2,(H,26,28). The molecule has 2 fully saturated rings. The predicted molar refractivity (Wildman–Crippen MR) is 114 cm³/mol. The van der Waals surface area contributed by atoms with E-state index >= 15 is 0 Å². The Morgan fingerprint density at radius 1 is 1.00 bits per heavy atom. The van der Waals surface area contributed by atoms with E-state index in [1.807, 2.05) is 36.4 Å². The Labute approximate surface area is 173 Å². The van der Waals surface area contributed by atoms with Crippen molar-refractivity contribution >= 4 is 5.91 Å². The number of carbonyl (C=O) groups is 1. The quantitative estimate of drug-likeness (QED) is 0.776. The summed E-state index contributed by atoms with van der Waals surface area (Å²) in [6, 6.07) is 11.3. The van der Waals surface area contributed by atoms with Crippen molar-refractivity contribution in [2.75, 3.05) is 19.6 Å². The average Bonchev–Trinajstić information content (AvgIpc) is 2.77. The van der Waals surface area contributed by atoms with E-state index in [1.54, 1.807) is 12.4 Å². The van der Waals surface area contributed by atoms with E-state index in [0.717, 1.165) is 31.8 Å². The molecule has 1 aliphatic carbocycles. The number of rotatable bonds is 6. The summed E-state index contributed by atoms with van der Waals surface area (Å²) in [7, 11) is 0. The maximum atomic E-state index is 12.6.